The van der Waals surface area contributed by atoms with Crippen molar-refractivity contribution >= 4 is 6.16 Å². The molecule has 4 aliphatic carbocycles. The summed E-state index contributed by atoms with van der Waals surface area (Å²) in [7, 11) is 0. The van der Waals surface area contributed by atoms with Crippen LogP contribution in [0.2, 0.25) is 0 Å². The second-order valence-electron chi connectivity index (χ2n) is 8.49. The number of rotatable bonds is 2. The van der Waals surface area contributed by atoms with Crippen LogP contribution in [-0.4, -0.2) is 24.7 Å². The summed E-state index contributed by atoms with van der Waals surface area (Å²) in [5.74, 6) is 4.34. The van der Waals surface area contributed by atoms with Gasteiger partial charge in [-0.25, -0.2) is 4.79 Å². The van der Waals surface area contributed by atoms with Gasteiger partial charge in [0.1, 0.15) is 5.60 Å². The first kappa shape index (κ1) is 14.3. The smallest absolute Gasteiger partial charge is 0.428 e. The number of fused-ring (bicyclic) bond motifs is 9. The van der Waals surface area contributed by atoms with E-state index in [2.05, 4.69) is 19.1 Å². The zero-order valence-electron chi connectivity index (χ0n) is 13.8. The molecule has 0 amide bonds. The molecular weight excluding hydrogens is 292 g/mol. The molecule has 0 aromatic carbocycles. The van der Waals surface area contributed by atoms with Gasteiger partial charge in [0.15, 0.2) is 0 Å². The number of hydrogen-bond donors (Lipinski definition) is 0. The fraction of sp³-hybridized carbons (Fsp3) is 0.842. The van der Waals surface area contributed by atoms with Crippen LogP contribution in [0.5, 0.6) is 0 Å². The van der Waals surface area contributed by atoms with Gasteiger partial charge in [-0.15, -0.1) is 0 Å². The third kappa shape index (κ3) is 2.10. The molecule has 0 aromatic heterocycles. The molecule has 0 aromatic rings. The maximum absolute atomic E-state index is 12.3. The molecule has 0 spiro atoms. The highest BCUT2D eigenvalue weighted by Crippen LogP contribution is 2.68. The summed E-state index contributed by atoms with van der Waals surface area (Å²) in [6.07, 6.45) is 10.4. The number of allylic oxidation sites excluding steroid dienone is 2. The maximum atomic E-state index is 12.3. The Morgan fingerprint density at radius 3 is 2.78 bits per heavy atom. The molecular formula is C19H26O4. The monoisotopic (exact) mass is 318 g/mol. The van der Waals surface area contributed by atoms with Gasteiger partial charge >= 0.3 is 6.16 Å². The van der Waals surface area contributed by atoms with Crippen molar-refractivity contribution in [2.24, 2.45) is 35.5 Å². The Labute approximate surface area is 137 Å². The number of hydrogen-bond acceptors (Lipinski definition) is 4. The van der Waals surface area contributed by atoms with E-state index in [1.165, 1.54) is 12.8 Å². The van der Waals surface area contributed by atoms with Gasteiger partial charge in [-0.2, -0.15) is 0 Å². The van der Waals surface area contributed by atoms with Gasteiger partial charge in [0, 0.05) is 12.3 Å². The van der Waals surface area contributed by atoms with E-state index in [-0.39, 0.29) is 5.60 Å². The highest BCUT2D eigenvalue weighted by atomic mass is 16.8. The lowest BCUT2D eigenvalue weighted by molar-refractivity contribution is -0.161. The van der Waals surface area contributed by atoms with Gasteiger partial charge in [-0.1, -0.05) is 12.2 Å². The molecule has 23 heavy (non-hydrogen) atoms. The maximum Gasteiger partial charge on any atom is 0.511 e. The minimum Gasteiger partial charge on any atom is -0.428 e. The van der Waals surface area contributed by atoms with E-state index in [4.69, 9.17) is 14.2 Å². The predicted octanol–water partition coefficient (Wildman–Crippen LogP) is 3.90. The average Bonchev–Trinajstić information content (AvgIpc) is 3.25. The molecule has 5 aliphatic rings. The predicted molar refractivity (Wildman–Crippen MR) is 83.5 cm³/mol. The molecule has 0 radical (unpaired) electrons. The zero-order chi connectivity index (χ0) is 15.6. The van der Waals surface area contributed by atoms with Crippen molar-refractivity contribution in [3.63, 3.8) is 0 Å². The third-order valence-electron chi connectivity index (χ3n) is 7.28. The van der Waals surface area contributed by atoms with Crippen LogP contribution < -0.4 is 0 Å². The molecule has 126 valence electrons. The topological polar surface area (TPSA) is 44.8 Å². The molecule has 0 N–H and O–H groups in total. The third-order valence-corrected chi connectivity index (χ3v) is 7.28. The van der Waals surface area contributed by atoms with Crippen LogP contribution in [0, 0.1) is 35.5 Å². The first-order chi connectivity index (χ1) is 11.1. The summed E-state index contributed by atoms with van der Waals surface area (Å²) in [4.78, 5) is 12.3. The lowest BCUT2D eigenvalue weighted by Gasteiger charge is -2.42. The summed E-state index contributed by atoms with van der Waals surface area (Å²) in [5, 5.41) is 0. The summed E-state index contributed by atoms with van der Waals surface area (Å²) in [5.41, 5.74) is -0.337. The molecule has 3 saturated carbocycles. The molecule has 5 rings (SSSR count). The van der Waals surface area contributed by atoms with Crippen molar-refractivity contribution < 1.29 is 19.0 Å². The number of carbonyl (C=O) groups excluding carboxylic acids is 1. The van der Waals surface area contributed by atoms with Crippen LogP contribution in [0.15, 0.2) is 12.2 Å². The Kier molecular flexibility index (Phi) is 3.10. The summed E-state index contributed by atoms with van der Waals surface area (Å²) in [6.45, 7) is 2.81. The van der Waals surface area contributed by atoms with E-state index >= 15 is 0 Å². The highest BCUT2D eigenvalue weighted by molar-refractivity contribution is 5.61. The lowest BCUT2D eigenvalue weighted by Crippen LogP contribution is -2.45. The Bertz CT molecular complexity index is 537. The molecule has 4 nitrogen and oxygen atoms in total. The van der Waals surface area contributed by atoms with Crippen LogP contribution >= 0.6 is 0 Å². The van der Waals surface area contributed by atoms with Gasteiger partial charge in [-0.05, 0) is 68.6 Å². The van der Waals surface area contributed by atoms with E-state index in [0.29, 0.717) is 12.5 Å². The van der Waals surface area contributed by atoms with E-state index in [9.17, 15) is 4.79 Å². The van der Waals surface area contributed by atoms with Gasteiger partial charge in [0.25, 0.3) is 0 Å². The molecule has 8 unspecified atom stereocenters. The Balaban J connectivity index is 1.26. The second kappa shape index (κ2) is 4.98. The van der Waals surface area contributed by atoms with Crippen LogP contribution in [0.1, 0.15) is 45.4 Å². The molecule has 4 heteroatoms. The molecule has 4 fully saturated rings. The normalized spacial score (nSPS) is 52.7. The summed E-state index contributed by atoms with van der Waals surface area (Å²) >= 11 is 0. The second-order valence-corrected chi connectivity index (χ2v) is 8.49. The molecule has 4 bridgehead atoms. The zero-order valence-corrected chi connectivity index (χ0v) is 13.8. The Morgan fingerprint density at radius 1 is 1.17 bits per heavy atom. The van der Waals surface area contributed by atoms with E-state index in [1.54, 1.807) is 0 Å². The number of carbonyl (C=O) groups is 1. The van der Waals surface area contributed by atoms with Crippen LogP contribution in [0.25, 0.3) is 0 Å². The fourth-order valence-electron chi connectivity index (χ4n) is 6.56. The molecule has 1 saturated heterocycles. The Hall–Kier alpha value is -1.03. The molecule has 8 atom stereocenters. The standard InChI is InChI=1S/C19H26O4/c1-19(23-18(20)22-15-4-2-3-7-21-15)10-13-9-14(19)17-12-6-5-11(8-12)16(13)17/h5-6,11-17H,2-4,7-10H2,1H3. The average molecular weight is 318 g/mol. The van der Waals surface area contributed by atoms with E-state index in [0.717, 1.165) is 55.3 Å². The van der Waals surface area contributed by atoms with Crippen molar-refractivity contribution in [3.8, 4) is 0 Å². The van der Waals surface area contributed by atoms with Crippen molar-refractivity contribution in [1.82, 2.24) is 0 Å². The fourth-order valence-corrected chi connectivity index (χ4v) is 6.56. The van der Waals surface area contributed by atoms with E-state index < -0.39 is 12.4 Å². The first-order valence-corrected chi connectivity index (χ1v) is 9.33. The quantitative estimate of drug-likeness (QED) is 0.440. The lowest BCUT2D eigenvalue weighted by atomic mass is 9.68. The van der Waals surface area contributed by atoms with Crippen LogP contribution in [0.4, 0.5) is 4.79 Å². The first-order valence-electron chi connectivity index (χ1n) is 9.33. The SMILES string of the molecule is CC1(OC(=O)OC2CCCCO2)CC2CC1C1C3C=CC(C3)C21. The minimum atomic E-state index is -0.526. The van der Waals surface area contributed by atoms with Gasteiger partial charge in [-0.3, -0.25) is 0 Å². The van der Waals surface area contributed by atoms with Crippen molar-refractivity contribution in [2.45, 2.75) is 57.3 Å². The van der Waals surface area contributed by atoms with Crippen molar-refractivity contribution in [1.29, 1.82) is 0 Å². The summed E-state index contributed by atoms with van der Waals surface area (Å²) < 4.78 is 16.8. The van der Waals surface area contributed by atoms with Gasteiger partial charge in [0.05, 0.1) is 6.61 Å². The van der Waals surface area contributed by atoms with Crippen LogP contribution in [-0.2, 0) is 14.2 Å². The van der Waals surface area contributed by atoms with E-state index in [1.807, 2.05) is 0 Å². The number of ether oxygens (including phenoxy) is 3. The van der Waals surface area contributed by atoms with Gasteiger partial charge in [0.2, 0.25) is 6.29 Å². The largest absolute Gasteiger partial charge is 0.511 e. The molecule has 1 heterocycles. The highest BCUT2D eigenvalue weighted by Gasteiger charge is 2.66. The van der Waals surface area contributed by atoms with Crippen LogP contribution in [0.3, 0.4) is 0 Å². The van der Waals surface area contributed by atoms with Crippen molar-refractivity contribution in [2.75, 3.05) is 6.61 Å². The van der Waals surface area contributed by atoms with Crippen molar-refractivity contribution in [3.05, 3.63) is 12.2 Å². The Morgan fingerprint density at radius 2 is 2.00 bits per heavy atom. The summed E-state index contributed by atoms with van der Waals surface area (Å²) in [6, 6.07) is 0. The minimum absolute atomic E-state index is 0.337. The van der Waals surface area contributed by atoms with Gasteiger partial charge < -0.3 is 14.2 Å². The molecule has 1 aliphatic heterocycles.